The van der Waals surface area contributed by atoms with Crippen LogP contribution in [0.1, 0.15) is 35.7 Å². The quantitative estimate of drug-likeness (QED) is 0.287. The molecule has 0 bridgehead atoms. The van der Waals surface area contributed by atoms with Crippen LogP contribution in [0.15, 0.2) is 65.1 Å². The van der Waals surface area contributed by atoms with Gasteiger partial charge in [-0.3, -0.25) is 9.79 Å². The molecule has 1 aromatic heterocycles. The van der Waals surface area contributed by atoms with Crippen molar-refractivity contribution < 1.29 is 37.3 Å². The second-order valence-electron chi connectivity index (χ2n) is 9.73. The summed E-state index contributed by atoms with van der Waals surface area (Å²) >= 11 is 5.78. The predicted octanol–water partition coefficient (Wildman–Crippen LogP) is 3.94. The molecule has 1 aromatic carbocycles. The van der Waals surface area contributed by atoms with E-state index in [1.807, 2.05) is 0 Å². The van der Waals surface area contributed by atoms with Gasteiger partial charge in [-0.1, -0.05) is 11.6 Å². The van der Waals surface area contributed by atoms with Gasteiger partial charge in [0, 0.05) is 29.1 Å². The maximum absolute atomic E-state index is 14.5. The van der Waals surface area contributed by atoms with Crippen molar-refractivity contribution in [2.45, 2.75) is 43.2 Å². The lowest BCUT2D eigenvalue weighted by Crippen LogP contribution is -2.55. The molecule has 2 atom stereocenters. The van der Waals surface area contributed by atoms with Gasteiger partial charge in [-0.2, -0.15) is 13.2 Å². The van der Waals surface area contributed by atoms with Crippen molar-refractivity contribution in [3.63, 3.8) is 0 Å². The van der Waals surface area contributed by atoms with Crippen LogP contribution in [-0.4, -0.2) is 65.9 Å². The van der Waals surface area contributed by atoms with Crippen LogP contribution in [0.4, 0.5) is 13.2 Å². The minimum atomic E-state index is -5.26. The van der Waals surface area contributed by atoms with E-state index in [-0.39, 0.29) is 34.8 Å². The highest BCUT2D eigenvalue weighted by Gasteiger charge is 2.57. The monoisotopic (exact) mass is 580 g/mol. The molecule has 0 spiro atoms. The van der Waals surface area contributed by atoms with E-state index < -0.39 is 35.5 Å². The Balaban J connectivity index is 1.64. The van der Waals surface area contributed by atoms with Crippen LogP contribution in [0, 0.1) is 0 Å². The molecule has 4 N–H and O–H groups in total. The molecule has 2 unspecified atom stereocenters. The first kappa shape index (κ1) is 29.4. The Morgan fingerprint density at radius 1 is 1.32 bits per heavy atom. The summed E-state index contributed by atoms with van der Waals surface area (Å²) in [5.74, 6) is -0.208. The van der Waals surface area contributed by atoms with Crippen LogP contribution >= 0.6 is 11.6 Å². The predicted molar refractivity (Wildman–Crippen MR) is 142 cm³/mol. The highest BCUT2D eigenvalue weighted by molar-refractivity contribution is 6.29. The number of hydrogen-bond donors (Lipinski definition) is 3. The second kappa shape index (κ2) is 11.5. The van der Waals surface area contributed by atoms with Gasteiger partial charge in [-0.05, 0) is 56.2 Å². The number of nitrogens with zero attached hydrogens (tertiary/aromatic N) is 2. The molecular weight excluding hydrogens is 553 g/mol. The number of pyridine rings is 1. The first-order valence-corrected chi connectivity index (χ1v) is 12.6. The third kappa shape index (κ3) is 6.75. The van der Waals surface area contributed by atoms with E-state index in [0.29, 0.717) is 11.3 Å². The summed E-state index contributed by atoms with van der Waals surface area (Å²) in [5.41, 5.74) is 1.06. The fraction of sp³-hybridized carbons (Fsp3) is 0.370. The molecule has 0 saturated heterocycles. The van der Waals surface area contributed by atoms with Crippen molar-refractivity contribution in [2.75, 3.05) is 20.3 Å². The first-order valence-electron chi connectivity index (χ1n) is 12.2. The molecule has 1 fully saturated rings. The van der Waals surface area contributed by atoms with Crippen LogP contribution in [0.25, 0.3) is 0 Å². The third-order valence-corrected chi connectivity index (χ3v) is 6.51. The number of alkyl halides is 3. The molecular formula is C27H28ClF3N4O5. The molecule has 214 valence electrons. The van der Waals surface area contributed by atoms with E-state index in [9.17, 15) is 23.1 Å². The van der Waals surface area contributed by atoms with Gasteiger partial charge < -0.3 is 30.4 Å². The Bertz CT molecular complexity index is 1340. The Morgan fingerprint density at radius 2 is 2.08 bits per heavy atom. The number of rotatable bonds is 10. The number of carbonyl (C=O) groups is 1. The molecule has 2 aliphatic rings. The van der Waals surface area contributed by atoms with Crippen molar-refractivity contribution in [3.8, 4) is 11.5 Å². The number of ether oxygens (including phenoxy) is 3. The normalized spacial score (nSPS) is 21.0. The summed E-state index contributed by atoms with van der Waals surface area (Å²) in [4.78, 5) is 20.7. The fourth-order valence-electron chi connectivity index (χ4n) is 3.66. The number of aliphatic imine (C=N–C) groups is 1. The average Bonchev–Trinajstić information content (AvgIpc) is 3.66. The highest BCUT2D eigenvalue weighted by Crippen LogP contribution is 2.39. The summed E-state index contributed by atoms with van der Waals surface area (Å²) in [5, 5.41) is 13.4. The lowest BCUT2D eigenvalue weighted by Gasteiger charge is -2.32. The number of methoxy groups -OCH3 is 1. The van der Waals surface area contributed by atoms with Gasteiger partial charge in [0.2, 0.25) is 5.60 Å². The van der Waals surface area contributed by atoms with Crippen molar-refractivity contribution in [1.82, 2.24) is 10.3 Å². The molecule has 1 amide bonds. The molecule has 13 heteroatoms. The molecule has 1 aliphatic heterocycles. The maximum atomic E-state index is 14.5. The van der Waals surface area contributed by atoms with E-state index in [0.717, 1.165) is 25.1 Å². The lowest BCUT2D eigenvalue weighted by atomic mass is 9.91. The third-order valence-electron chi connectivity index (χ3n) is 6.29. The number of amides is 1. The topological polar surface area (TPSA) is 128 Å². The number of carbonyl (C=O) groups excluding carboxylic acids is 1. The number of halogens is 4. The Morgan fingerprint density at radius 3 is 2.65 bits per heavy atom. The molecule has 40 heavy (non-hydrogen) atoms. The number of benzene rings is 1. The maximum Gasteiger partial charge on any atom is 0.424 e. The van der Waals surface area contributed by atoms with Gasteiger partial charge in [0.25, 0.3) is 5.91 Å². The van der Waals surface area contributed by atoms with Crippen LogP contribution in [0.2, 0.25) is 5.15 Å². The zero-order chi connectivity index (χ0) is 29.1. The fourth-order valence-corrected chi connectivity index (χ4v) is 3.77. The number of aromatic nitrogens is 1. The van der Waals surface area contributed by atoms with Crippen LogP contribution in [-0.2, 0) is 4.74 Å². The van der Waals surface area contributed by atoms with Crippen LogP contribution in [0.3, 0.4) is 0 Å². The van der Waals surface area contributed by atoms with E-state index in [1.165, 1.54) is 49.9 Å². The van der Waals surface area contributed by atoms with Crippen molar-refractivity contribution in [2.24, 2.45) is 10.7 Å². The minimum absolute atomic E-state index is 0.00669. The zero-order valence-corrected chi connectivity index (χ0v) is 22.4. The SMILES string of the molecule is COc1cc(C(=O)NCC(O)(C(=CC2=COCC2(C)N)N=Cc2ccc(Cl)nc2)C(F)(F)F)ccc1OC1CC1. The number of nitrogens with one attached hydrogen (secondary N) is 1. The minimum Gasteiger partial charge on any atom is -0.499 e. The molecule has 1 aliphatic carbocycles. The summed E-state index contributed by atoms with van der Waals surface area (Å²) in [7, 11) is 1.39. The standard InChI is InChI=1S/C27H28ClF3N4O5/c1-25(32)15-39-13-18(25)10-22(33-11-16-3-8-23(28)34-12-16)26(37,27(29,30)31)14-35-24(36)17-4-7-20(21(9-17)38-2)40-19-5-6-19/h3-4,7-13,19,37H,5-6,14-15,32H2,1-2H3,(H,35,36). The van der Waals surface area contributed by atoms with Gasteiger partial charge in [0.1, 0.15) is 11.8 Å². The Labute approximate surface area is 233 Å². The van der Waals surface area contributed by atoms with E-state index in [4.69, 9.17) is 31.5 Å². The Kier molecular flexibility index (Phi) is 8.43. The smallest absolute Gasteiger partial charge is 0.424 e. The number of aliphatic hydroxyl groups is 1. The average molecular weight is 581 g/mol. The largest absolute Gasteiger partial charge is 0.499 e. The molecule has 2 aromatic rings. The zero-order valence-electron chi connectivity index (χ0n) is 21.7. The van der Waals surface area contributed by atoms with Crippen LogP contribution in [0.5, 0.6) is 11.5 Å². The highest BCUT2D eigenvalue weighted by atomic mass is 35.5. The molecule has 0 radical (unpaired) electrons. The van der Waals surface area contributed by atoms with Gasteiger partial charge in [-0.15, -0.1) is 0 Å². The van der Waals surface area contributed by atoms with Gasteiger partial charge >= 0.3 is 6.18 Å². The molecule has 2 heterocycles. The number of hydrogen-bond acceptors (Lipinski definition) is 8. The number of nitrogens with two attached hydrogens (primary N) is 1. The molecule has 9 nitrogen and oxygen atoms in total. The van der Waals surface area contributed by atoms with Gasteiger partial charge in [0.15, 0.2) is 11.5 Å². The van der Waals surface area contributed by atoms with Gasteiger partial charge in [-0.25, -0.2) is 4.98 Å². The summed E-state index contributed by atoms with van der Waals surface area (Å²) in [6, 6.07) is 7.17. The molecule has 4 rings (SSSR count). The summed E-state index contributed by atoms with van der Waals surface area (Å²) in [6.07, 6.45) is 1.20. The van der Waals surface area contributed by atoms with Crippen LogP contribution < -0.4 is 20.5 Å². The summed E-state index contributed by atoms with van der Waals surface area (Å²) in [6.45, 7) is 0.320. The Hall–Kier alpha value is -3.61. The van der Waals surface area contributed by atoms with Crippen molar-refractivity contribution in [3.05, 3.63) is 76.4 Å². The second-order valence-corrected chi connectivity index (χ2v) is 10.1. The first-order chi connectivity index (χ1) is 18.8. The lowest BCUT2D eigenvalue weighted by molar-refractivity contribution is -0.241. The van der Waals surface area contributed by atoms with Gasteiger partial charge in [0.05, 0.1) is 37.3 Å². The van der Waals surface area contributed by atoms with E-state index in [1.54, 1.807) is 6.92 Å². The molecule has 1 saturated carbocycles. The van der Waals surface area contributed by atoms with E-state index >= 15 is 0 Å². The van der Waals surface area contributed by atoms with E-state index in [2.05, 4.69) is 15.3 Å². The van der Waals surface area contributed by atoms with Crippen molar-refractivity contribution >= 4 is 23.7 Å². The summed E-state index contributed by atoms with van der Waals surface area (Å²) < 4.78 is 59.6. The van der Waals surface area contributed by atoms with Crippen molar-refractivity contribution in [1.29, 1.82) is 0 Å².